The van der Waals surface area contributed by atoms with Gasteiger partial charge >= 0.3 is 0 Å². The third kappa shape index (κ3) is 8.41. The van der Waals surface area contributed by atoms with E-state index in [0.717, 1.165) is 5.56 Å². The Balaban J connectivity index is 1.44. The molecule has 3 amide bonds. The molecule has 2 aliphatic heterocycles. The predicted octanol–water partition coefficient (Wildman–Crippen LogP) is 0.0313. The van der Waals surface area contributed by atoms with Crippen LogP contribution < -0.4 is 16.0 Å². The number of Topliss-reactive ketones (excluding diaryl/α,β-unsaturated/α-hetero) is 1. The molecule has 4 atom stereocenters. The van der Waals surface area contributed by atoms with Crippen LogP contribution in [-0.4, -0.2) is 96.6 Å². The molecule has 0 radical (unpaired) electrons. The number of nitrogens with zero attached hydrogens (tertiary/aromatic N) is 2. The van der Waals surface area contributed by atoms with E-state index in [-0.39, 0.29) is 31.1 Å². The summed E-state index contributed by atoms with van der Waals surface area (Å²) in [5, 5.41) is 8.31. The second kappa shape index (κ2) is 13.6. The molecule has 1 aromatic carbocycles. The molecule has 2 saturated heterocycles. The summed E-state index contributed by atoms with van der Waals surface area (Å²) in [5.74, 6) is -1.56. The lowest BCUT2D eigenvalue weighted by Crippen LogP contribution is -2.57. The molecule has 11 heteroatoms. The van der Waals surface area contributed by atoms with Crippen LogP contribution in [-0.2, 0) is 41.5 Å². The van der Waals surface area contributed by atoms with E-state index in [1.165, 1.54) is 0 Å². The molecular weight excluding hydrogens is 514 g/mol. The van der Waals surface area contributed by atoms with Crippen molar-refractivity contribution in [2.45, 2.75) is 50.4 Å². The fraction of sp³-hybridized carbons (Fsp3) is 0.483. The molecule has 1 aromatic heterocycles. The van der Waals surface area contributed by atoms with E-state index in [0.29, 0.717) is 38.6 Å². The molecular formula is C29H37N5O6. The smallest absolute Gasteiger partial charge is 0.243 e. The van der Waals surface area contributed by atoms with E-state index in [9.17, 15) is 19.2 Å². The number of aromatic nitrogens is 1. The highest BCUT2D eigenvalue weighted by atomic mass is 16.6. The van der Waals surface area contributed by atoms with Crippen molar-refractivity contribution >= 4 is 23.5 Å². The molecule has 2 aromatic rings. The maximum absolute atomic E-state index is 13.6. The van der Waals surface area contributed by atoms with Crippen molar-refractivity contribution in [1.29, 1.82) is 0 Å². The average molecular weight is 552 g/mol. The molecule has 0 saturated carbocycles. The number of morpholine rings is 1. The lowest BCUT2D eigenvalue weighted by Gasteiger charge is -2.27. The number of pyridine rings is 1. The van der Waals surface area contributed by atoms with Gasteiger partial charge in [0.1, 0.15) is 17.7 Å². The number of rotatable bonds is 13. The SMILES string of the molecule is C[C@H](NC(=O)CN1CCOCC1)C(=O)N[C@@H](Cc1ccccn1)C(=O)N[C@@H](Cc1ccccc1)C(=O)[C@]1(C)CO1. The summed E-state index contributed by atoms with van der Waals surface area (Å²) in [5.41, 5.74) is 0.536. The summed E-state index contributed by atoms with van der Waals surface area (Å²) in [6.45, 7) is 6.13. The standard InChI is InChI=1S/C29H37N5O6/c1-20(31-25(35)18-34-12-14-39-15-13-34)27(37)33-24(17-22-10-6-7-11-30-22)28(38)32-23(26(36)29(2)19-40-29)16-21-8-4-3-5-9-21/h3-11,20,23-24H,12-19H2,1-2H3,(H,31,35)(H,32,38)(H,33,37)/t20-,23-,24-,29-/m0/s1. The summed E-state index contributed by atoms with van der Waals surface area (Å²) >= 11 is 0. The Kier molecular flexibility index (Phi) is 9.97. The van der Waals surface area contributed by atoms with Crippen LogP contribution >= 0.6 is 0 Å². The molecule has 3 N–H and O–H groups in total. The van der Waals surface area contributed by atoms with Gasteiger partial charge in [-0.3, -0.25) is 29.1 Å². The van der Waals surface area contributed by atoms with Crippen LogP contribution in [0, 0.1) is 0 Å². The van der Waals surface area contributed by atoms with Crippen molar-refractivity contribution < 1.29 is 28.7 Å². The summed E-state index contributed by atoms with van der Waals surface area (Å²) in [4.78, 5) is 58.7. The maximum atomic E-state index is 13.6. The Morgan fingerprint density at radius 2 is 1.60 bits per heavy atom. The number of nitrogens with one attached hydrogen (secondary N) is 3. The molecule has 2 fully saturated rings. The number of epoxide rings is 1. The van der Waals surface area contributed by atoms with Gasteiger partial charge in [-0.15, -0.1) is 0 Å². The summed E-state index contributed by atoms with van der Waals surface area (Å²) in [7, 11) is 0. The topological polar surface area (TPSA) is 142 Å². The van der Waals surface area contributed by atoms with Gasteiger partial charge < -0.3 is 25.4 Å². The van der Waals surface area contributed by atoms with Crippen LogP contribution in [0.5, 0.6) is 0 Å². The Morgan fingerprint density at radius 3 is 2.25 bits per heavy atom. The van der Waals surface area contributed by atoms with Gasteiger partial charge in [-0.05, 0) is 38.0 Å². The van der Waals surface area contributed by atoms with E-state index in [1.807, 2.05) is 35.2 Å². The number of ketones is 1. The normalized spacial score (nSPS) is 20.9. The molecule has 40 heavy (non-hydrogen) atoms. The van der Waals surface area contributed by atoms with Crippen LogP contribution in [0.4, 0.5) is 0 Å². The number of hydrogen-bond acceptors (Lipinski definition) is 8. The Bertz CT molecular complexity index is 1170. The zero-order valence-electron chi connectivity index (χ0n) is 22.9. The highest BCUT2D eigenvalue weighted by molar-refractivity contribution is 5.98. The highest BCUT2D eigenvalue weighted by Gasteiger charge is 2.50. The third-order valence-corrected chi connectivity index (χ3v) is 7.03. The van der Waals surface area contributed by atoms with Crippen LogP contribution in [0.15, 0.2) is 54.7 Å². The Hall–Kier alpha value is -3.67. The Labute approximate surface area is 234 Å². The number of ether oxygens (including phenoxy) is 2. The molecule has 11 nitrogen and oxygen atoms in total. The molecule has 214 valence electrons. The first-order valence-electron chi connectivity index (χ1n) is 13.6. The number of amides is 3. The molecule has 4 rings (SSSR count). The van der Waals surface area contributed by atoms with Gasteiger partial charge in [0.2, 0.25) is 17.7 Å². The molecule has 0 unspecified atom stereocenters. The van der Waals surface area contributed by atoms with E-state index < -0.39 is 35.5 Å². The van der Waals surface area contributed by atoms with Gasteiger partial charge in [0.05, 0.1) is 32.4 Å². The van der Waals surface area contributed by atoms with Crippen molar-refractivity contribution in [1.82, 2.24) is 25.8 Å². The zero-order valence-corrected chi connectivity index (χ0v) is 22.9. The van der Waals surface area contributed by atoms with Crippen LogP contribution in [0.3, 0.4) is 0 Å². The van der Waals surface area contributed by atoms with Gasteiger partial charge in [-0.25, -0.2) is 0 Å². The third-order valence-electron chi connectivity index (χ3n) is 7.03. The van der Waals surface area contributed by atoms with Crippen molar-refractivity contribution in [2.24, 2.45) is 0 Å². The summed E-state index contributed by atoms with van der Waals surface area (Å²) in [6.07, 6.45) is 1.99. The first kappa shape index (κ1) is 29.3. The van der Waals surface area contributed by atoms with Crippen molar-refractivity contribution in [3.8, 4) is 0 Å². The number of carbonyl (C=O) groups excluding carboxylic acids is 4. The lowest BCUT2D eigenvalue weighted by molar-refractivity contribution is -0.134. The van der Waals surface area contributed by atoms with Gasteiger partial charge in [0.25, 0.3) is 0 Å². The number of benzene rings is 1. The van der Waals surface area contributed by atoms with Gasteiger partial charge in [-0.1, -0.05) is 36.4 Å². The first-order chi connectivity index (χ1) is 19.2. The van der Waals surface area contributed by atoms with E-state index >= 15 is 0 Å². The quantitative estimate of drug-likeness (QED) is 0.296. The van der Waals surface area contributed by atoms with Gasteiger partial charge in [0.15, 0.2) is 5.78 Å². The molecule has 2 aliphatic rings. The van der Waals surface area contributed by atoms with E-state index in [2.05, 4.69) is 20.9 Å². The highest BCUT2D eigenvalue weighted by Crippen LogP contribution is 2.29. The molecule has 0 bridgehead atoms. The fourth-order valence-corrected chi connectivity index (χ4v) is 4.50. The maximum Gasteiger partial charge on any atom is 0.243 e. The predicted molar refractivity (Wildman–Crippen MR) is 146 cm³/mol. The Morgan fingerprint density at radius 1 is 0.925 bits per heavy atom. The zero-order chi connectivity index (χ0) is 28.5. The number of hydrogen-bond donors (Lipinski definition) is 3. The van der Waals surface area contributed by atoms with Gasteiger partial charge in [0, 0.05) is 31.4 Å². The summed E-state index contributed by atoms with van der Waals surface area (Å²) in [6, 6.07) is 11.9. The molecule has 0 aliphatic carbocycles. The van der Waals surface area contributed by atoms with Crippen molar-refractivity contribution in [3.63, 3.8) is 0 Å². The lowest BCUT2D eigenvalue weighted by atomic mass is 9.94. The second-order valence-electron chi connectivity index (χ2n) is 10.4. The van der Waals surface area contributed by atoms with E-state index in [4.69, 9.17) is 9.47 Å². The number of carbonyl (C=O) groups is 4. The van der Waals surface area contributed by atoms with Crippen LogP contribution in [0.1, 0.15) is 25.1 Å². The van der Waals surface area contributed by atoms with Crippen molar-refractivity contribution in [3.05, 3.63) is 66.0 Å². The van der Waals surface area contributed by atoms with Crippen LogP contribution in [0.2, 0.25) is 0 Å². The van der Waals surface area contributed by atoms with Gasteiger partial charge in [-0.2, -0.15) is 0 Å². The fourth-order valence-electron chi connectivity index (χ4n) is 4.50. The summed E-state index contributed by atoms with van der Waals surface area (Å²) < 4.78 is 10.7. The van der Waals surface area contributed by atoms with Crippen molar-refractivity contribution in [2.75, 3.05) is 39.5 Å². The van der Waals surface area contributed by atoms with Crippen LogP contribution in [0.25, 0.3) is 0 Å². The molecule has 3 heterocycles. The minimum absolute atomic E-state index is 0.104. The monoisotopic (exact) mass is 551 g/mol. The average Bonchev–Trinajstić information content (AvgIpc) is 3.71. The largest absolute Gasteiger partial charge is 0.379 e. The molecule has 0 spiro atoms. The second-order valence-corrected chi connectivity index (χ2v) is 10.4. The minimum Gasteiger partial charge on any atom is -0.379 e. The van der Waals surface area contributed by atoms with E-state index in [1.54, 1.807) is 38.2 Å². The minimum atomic E-state index is -1.03. The first-order valence-corrected chi connectivity index (χ1v) is 13.6.